The monoisotopic (exact) mass is 278 g/mol. The minimum Gasteiger partial charge on any atom is -0.464 e. The number of benzene rings is 1. The first-order chi connectivity index (χ1) is 10.3. The van der Waals surface area contributed by atoms with E-state index in [-0.39, 0.29) is 12.0 Å². The second kappa shape index (κ2) is 5.01. The first kappa shape index (κ1) is 12.6. The average molecular weight is 278 g/mol. The van der Waals surface area contributed by atoms with E-state index in [0.717, 1.165) is 29.4 Å². The van der Waals surface area contributed by atoms with Gasteiger partial charge < -0.3 is 10.2 Å². The van der Waals surface area contributed by atoms with Crippen LogP contribution < -0.4 is 5.73 Å². The number of nitrogens with two attached hydrogens (primary N) is 1. The van der Waals surface area contributed by atoms with Gasteiger partial charge in [0.2, 0.25) is 0 Å². The summed E-state index contributed by atoms with van der Waals surface area (Å²) in [5, 5.41) is 1.12. The predicted octanol–water partition coefficient (Wildman–Crippen LogP) is 3.95. The highest BCUT2D eigenvalue weighted by molar-refractivity contribution is 5.81. The molecular formula is C18H18N2O. The Hall–Kier alpha value is -2.13. The van der Waals surface area contributed by atoms with E-state index in [0.29, 0.717) is 0 Å². The van der Waals surface area contributed by atoms with Gasteiger partial charge in [-0.3, -0.25) is 4.98 Å². The van der Waals surface area contributed by atoms with Crippen molar-refractivity contribution in [3.63, 3.8) is 0 Å². The number of aryl methyl sites for hydroxylation is 1. The molecule has 0 aliphatic heterocycles. The molecule has 2 aromatic heterocycles. The van der Waals surface area contributed by atoms with E-state index in [4.69, 9.17) is 10.2 Å². The molecule has 106 valence electrons. The smallest absolute Gasteiger partial charge is 0.134 e. The van der Waals surface area contributed by atoms with Crippen molar-refractivity contribution in [1.29, 1.82) is 0 Å². The molecule has 1 aromatic carbocycles. The molecule has 0 fully saturated rings. The van der Waals surface area contributed by atoms with Crippen LogP contribution in [0.1, 0.15) is 41.6 Å². The Kier molecular flexibility index (Phi) is 3.00. The zero-order valence-electron chi connectivity index (χ0n) is 11.8. The predicted molar refractivity (Wildman–Crippen MR) is 83.1 cm³/mol. The number of para-hydroxylation sites is 1. The Morgan fingerprint density at radius 3 is 3.05 bits per heavy atom. The van der Waals surface area contributed by atoms with Crippen LogP contribution in [0.15, 0.2) is 53.3 Å². The summed E-state index contributed by atoms with van der Waals surface area (Å²) < 4.78 is 5.65. The Labute approximate surface area is 123 Å². The summed E-state index contributed by atoms with van der Waals surface area (Å²) >= 11 is 0. The number of hydrogen-bond donors (Lipinski definition) is 1. The van der Waals surface area contributed by atoms with Crippen molar-refractivity contribution >= 4 is 11.0 Å². The van der Waals surface area contributed by atoms with Gasteiger partial charge in [0.1, 0.15) is 5.58 Å². The summed E-state index contributed by atoms with van der Waals surface area (Å²) in [6, 6.07) is 12.2. The summed E-state index contributed by atoms with van der Waals surface area (Å²) in [6.45, 7) is 0. The van der Waals surface area contributed by atoms with E-state index >= 15 is 0 Å². The van der Waals surface area contributed by atoms with E-state index in [2.05, 4.69) is 17.1 Å². The molecule has 3 heteroatoms. The first-order valence-corrected chi connectivity index (χ1v) is 7.50. The molecule has 1 aliphatic carbocycles. The van der Waals surface area contributed by atoms with Gasteiger partial charge in [0.25, 0.3) is 0 Å². The van der Waals surface area contributed by atoms with Crippen LogP contribution >= 0.6 is 0 Å². The third-order valence-electron chi connectivity index (χ3n) is 4.54. The molecule has 0 saturated carbocycles. The standard InChI is InChI=1S/C18H18N2O/c19-17(15-11-21-16-9-2-1-7-13(15)16)14-8-3-5-12-6-4-10-20-18(12)14/h1-2,4,6-7,9-11,14,17H,3,5,8,19H2. The van der Waals surface area contributed by atoms with Crippen molar-refractivity contribution in [3.8, 4) is 0 Å². The lowest BCUT2D eigenvalue weighted by molar-refractivity contribution is 0.460. The molecule has 21 heavy (non-hydrogen) atoms. The van der Waals surface area contributed by atoms with Gasteiger partial charge in [0.15, 0.2) is 0 Å². The second-order valence-electron chi connectivity index (χ2n) is 5.76. The zero-order chi connectivity index (χ0) is 14.2. The second-order valence-corrected chi connectivity index (χ2v) is 5.76. The number of aromatic nitrogens is 1. The third kappa shape index (κ3) is 2.05. The van der Waals surface area contributed by atoms with Crippen LogP contribution in [-0.4, -0.2) is 4.98 Å². The van der Waals surface area contributed by atoms with Gasteiger partial charge in [-0.05, 0) is 37.0 Å². The van der Waals surface area contributed by atoms with Gasteiger partial charge in [-0.15, -0.1) is 0 Å². The molecule has 0 radical (unpaired) electrons. The maximum Gasteiger partial charge on any atom is 0.134 e. The van der Waals surface area contributed by atoms with E-state index in [1.807, 2.05) is 36.7 Å². The Bertz CT molecular complexity index is 777. The van der Waals surface area contributed by atoms with Gasteiger partial charge in [-0.1, -0.05) is 24.3 Å². The molecule has 0 saturated heterocycles. The van der Waals surface area contributed by atoms with Crippen LogP contribution in [0.3, 0.4) is 0 Å². The van der Waals surface area contributed by atoms with Gasteiger partial charge in [-0.25, -0.2) is 0 Å². The summed E-state index contributed by atoms with van der Waals surface area (Å²) in [5.41, 5.74) is 11.1. The number of pyridine rings is 1. The number of rotatable bonds is 2. The molecule has 3 aromatic rings. The number of fused-ring (bicyclic) bond motifs is 2. The van der Waals surface area contributed by atoms with Gasteiger partial charge in [-0.2, -0.15) is 0 Å². The van der Waals surface area contributed by atoms with Gasteiger partial charge in [0, 0.05) is 34.8 Å². The molecule has 0 bridgehead atoms. The van der Waals surface area contributed by atoms with Crippen molar-refractivity contribution in [2.24, 2.45) is 5.73 Å². The molecule has 0 amide bonds. The van der Waals surface area contributed by atoms with Crippen molar-refractivity contribution in [3.05, 3.63) is 65.7 Å². The van der Waals surface area contributed by atoms with Gasteiger partial charge >= 0.3 is 0 Å². The molecule has 0 spiro atoms. The average Bonchev–Trinajstić information content (AvgIpc) is 2.98. The lowest BCUT2D eigenvalue weighted by Gasteiger charge is -2.28. The molecular weight excluding hydrogens is 260 g/mol. The number of nitrogens with zero attached hydrogens (tertiary/aromatic N) is 1. The van der Waals surface area contributed by atoms with Crippen LogP contribution in [0.5, 0.6) is 0 Å². The van der Waals surface area contributed by atoms with Crippen molar-refractivity contribution in [1.82, 2.24) is 4.98 Å². The SMILES string of the molecule is NC(c1coc2ccccc12)C1CCCc2cccnc21. The summed E-state index contributed by atoms with van der Waals surface area (Å²) in [5.74, 6) is 0.274. The van der Waals surface area contributed by atoms with Crippen LogP contribution in [0, 0.1) is 0 Å². The third-order valence-corrected chi connectivity index (χ3v) is 4.54. The lowest BCUT2D eigenvalue weighted by Crippen LogP contribution is -2.24. The van der Waals surface area contributed by atoms with Crippen molar-refractivity contribution in [2.45, 2.75) is 31.2 Å². The molecule has 2 N–H and O–H groups in total. The summed E-state index contributed by atoms with van der Waals surface area (Å²) in [4.78, 5) is 4.60. The highest BCUT2D eigenvalue weighted by atomic mass is 16.3. The molecule has 3 nitrogen and oxygen atoms in total. The lowest BCUT2D eigenvalue weighted by atomic mass is 9.80. The first-order valence-electron chi connectivity index (χ1n) is 7.50. The fraction of sp³-hybridized carbons (Fsp3) is 0.278. The quantitative estimate of drug-likeness (QED) is 0.772. The van der Waals surface area contributed by atoms with Crippen LogP contribution in [0.2, 0.25) is 0 Å². The van der Waals surface area contributed by atoms with Crippen LogP contribution in [-0.2, 0) is 6.42 Å². The van der Waals surface area contributed by atoms with Crippen molar-refractivity contribution < 1.29 is 4.42 Å². The van der Waals surface area contributed by atoms with Crippen LogP contribution in [0.4, 0.5) is 0 Å². The topological polar surface area (TPSA) is 52.0 Å². The molecule has 2 unspecified atom stereocenters. The minimum atomic E-state index is -0.0670. The van der Waals surface area contributed by atoms with E-state index in [9.17, 15) is 0 Å². The fourth-order valence-corrected chi connectivity index (χ4v) is 3.47. The Morgan fingerprint density at radius 2 is 2.10 bits per heavy atom. The van der Waals surface area contributed by atoms with Crippen molar-refractivity contribution in [2.75, 3.05) is 0 Å². The summed E-state index contributed by atoms with van der Waals surface area (Å²) in [6.07, 6.45) is 7.06. The molecule has 2 atom stereocenters. The molecule has 4 rings (SSSR count). The number of furan rings is 1. The fourth-order valence-electron chi connectivity index (χ4n) is 3.47. The van der Waals surface area contributed by atoms with E-state index in [1.54, 1.807) is 0 Å². The maximum atomic E-state index is 6.60. The normalized spacial score (nSPS) is 19.4. The summed E-state index contributed by atoms with van der Waals surface area (Å²) in [7, 11) is 0. The highest BCUT2D eigenvalue weighted by Crippen LogP contribution is 2.40. The maximum absolute atomic E-state index is 6.60. The zero-order valence-corrected chi connectivity index (χ0v) is 11.8. The number of hydrogen-bond acceptors (Lipinski definition) is 3. The molecule has 1 aliphatic rings. The highest BCUT2D eigenvalue weighted by Gasteiger charge is 2.29. The van der Waals surface area contributed by atoms with Gasteiger partial charge in [0.05, 0.1) is 6.26 Å². The van der Waals surface area contributed by atoms with Crippen LogP contribution in [0.25, 0.3) is 11.0 Å². The largest absolute Gasteiger partial charge is 0.464 e. The van der Waals surface area contributed by atoms with E-state index in [1.165, 1.54) is 17.7 Å². The Morgan fingerprint density at radius 1 is 1.19 bits per heavy atom. The minimum absolute atomic E-state index is 0.0670. The van der Waals surface area contributed by atoms with E-state index < -0.39 is 0 Å². The Balaban J connectivity index is 1.77. The molecule has 2 heterocycles.